The molecule has 17 heavy (non-hydrogen) atoms. The molecule has 1 saturated heterocycles. The Labute approximate surface area is 105 Å². The first-order valence-corrected chi connectivity index (χ1v) is 8.13. The lowest BCUT2D eigenvalue weighted by molar-refractivity contribution is 0.282. The van der Waals surface area contributed by atoms with Crippen molar-refractivity contribution in [1.29, 1.82) is 0 Å². The maximum absolute atomic E-state index is 12.4. The molecule has 4 nitrogen and oxygen atoms in total. The van der Waals surface area contributed by atoms with Gasteiger partial charge < -0.3 is 5.11 Å². The molecule has 1 saturated carbocycles. The van der Waals surface area contributed by atoms with E-state index in [0.29, 0.717) is 22.2 Å². The van der Waals surface area contributed by atoms with Gasteiger partial charge in [0.05, 0.1) is 6.61 Å². The molecule has 2 aliphatic rings. The van der Waals surface area contributed by atoms with Crippen LogP contribution in [0.1, 0.15) is 24.8 Å². The summed E-state index contributed by atoms with van der Waals surface area (Å²) < 4.78 is 26.8. The van der Waals surface area contributed by atoms with Gasteiger partial charge in [-0.25, -0.2) is 8.42 Å². The van der Waals surface area contributed by atoms with E-state index in [1.54, 1.807) is 15.8 Å². The van der Waals surface area contributed by atoms with E-state index in [1.807, 2.05) is 0 Å². The van der Waals surface area contributed by atoms with Crippen molar-refractivity contribution >= 4 is 21.4 Å². The van der Waals surface area contributed by atoms with Crippen LogP contribution < -0.4 is 0 Å². The van der Waals surface area contributed by atoms with Crippen LogP contribution in [0.25, 0.3) is 0 Å². The quantitative estimate of drug-likeness (QED) is 0.906. The molecule has 0 amide bonds. The summed E-state index contributed by atoms with van der Waals surface area (Å²) in [6.45, 7) is 0.581. The molecule has 94 valence electrons. The SMILES string of the molecule is O=S(=O)(c1cc(CO)cs1)N1CC2CCC1C2. The number of rotatable bonds is 3. The molecule has 2 fully saturated rings. The Balaban J connectivity index is 1.90. The zero-order valence-electron chi connectivity index (χ0n) is 9.37. The highest BCUT2D eigenvalue weighted by molar-refractivity contribution is 7.91. The van der Waals surface area contributed by atoms with Crippen molar-refractivity contribution in [3.8, 4) is 0 Å². The molecule has 0 aromatic carbocycles. The smallest absolute Gasteiger partial charge is 0.252 e. The third kappa shape index (κ3) is 1.83. The topological polar surface area (TPSA) is 57.6 Å². The Kier molecular flexibility index (Phi) is 2.77. The number of fused-ring (bicyclic) bond motifs is 2. The molecule has 2 bridgehead atoms. The third-order valence-corrected chi connectivity index (χ3v) is 7.12. The molecular formula is C11H15NO3S2. The molecule has 2 atom stereocenters. The van der Waals surface area contributed by atoms with Gasteiger partial charge in [-0.2, -0.15) is 4.31 Å². The first-order valence-electron chi connectivity index (χ1n) is 5.81. The molecule has 0 radical (unpaired) electrons. The highest BCUT2D eigenvalue weighted by Crippen LogP contribution is 2.41. The monoisotopic (exact) mass is 273 g/mol. The zero-order chi connectivity index (χ0) is 12.0. The minimum Gasteiger partial charge on any atom is -0.392 e. The molecule has 3 rings (SSSR count). The van der Waals surface area contributed by atoms with Gasteiger partial charge in [0.15, 0.2) is 0 Å². The second-order valence-electron chi connectivity index (χ2n) is 4.84. The molecule has 1 N–H and O–H groups in total. The van der Waals surface area contributed by atoms with Crippen LogP contribution in [0.5, 0.6) is 0 Å². The number of hydrogen-bond acceptors (Lipinski definition) is 4. The van der Waals surface area contributed by atoms with Crippen molar-refractivity contribution < 1.29 is 13.5 Å². The summed E-state index contributed by atoms with van der Waals surface area (Å²) in [6.07, 6.45) is 3.20. The number of hydrogen-bond donors (Lipinski definition) is 1. The van der Waals surface area contributed by atoms with Crippen molar-refractivity contribution in [3.63, 3.8) is 0 Å². The highest BCUT2D eigenvalue weighted by atomic mass is 32.2. The van der Waals surface area contributed by atoms with Crippen LogP contribution >= 0.6 is 11.3 Å². The lowest BCUT2D eigenvalue weighted by Crippen LogP contribution is -2.37. The number of aliphatic hydroxyl groups is 1. The maximum atomic E-state index is 12.4. The summed E-state index contributed by atoms with van der Waals surface area (Å²) in [5, 5.41) is 10.7. The third-order valence-electron chi connectivity index (χ3n) is 3.73. The van der Waals surface area contributed by atoms with Crippen molar-refractivity contribution in [3.05, 3.63) is 17.0 Å². The van der Waals surface area contributed by atoms with E-state index in [4.69, 9.17) is 5.11 Å². The molecule has 6 heteroatoms. The molecule has 0 spiro atoms. The van der Waals surface area contributed by atoms with Gasteiger partial charge >= 0.3 is 0 Å². The molecular weight excluding hydrogens is 258 g/mol. The van der Waals surface area contributed by atoms with Crippen molar-refractivity contribution in [1.82, 2.24) is 4.31 Å². The van der Waals surface area contributed by atoms with Gasteiger partial charge in [0.1, 0.15) is 4.21 Å². The summed E-state index contributed by atoms with van der Waals surface area (Å²) in [6, 6.07) is 1.80. The van der Waals surface area contributed by atoms with Crippen molar-refractivity contribution in [2.45, 2.75) is 36.1 Å². The average Bonchev–Trinajstić information content (AvgIpc) is 3.04. The average molecular weight is 273 g/mol. The van der Waals surface area contributed by atoms with Crippen LogP contribution in [0.3, 0.4) is 0 Å². The molecule has 1 aromatic rings. The summed E-state index contributed by atoms with van der Waals surface area (Å²) in [7, 11) is -3.32. The van der Waals surface area contributed by atoms with Gasteiger partial charge in [-0.3, -0.25) is 0 Å². The molecule has 2 unspecified atom stereocenters. The first-order chi connectivity index (χ1) is 8.11. The van der Waals surface area contributed by atoms with Crippen LogP contribution in [-0.2, 0) is 16.6 Å². The summed E-state index contributed by atoms with van der Waals surface area (Å²) in [5.74, 6) is 0.562. The van der Waals surface area contributed by atoms with E-state index < -0.39 is 10.0 Å². The lowest BCUT2D eigenvalue weighted by atomic mass is 10.1. The van der Waals surface area contributed by atoms with Gasteiger partial charge in [0, 0.05) is 12.6 Å². The van der Waals surface area contributed by atoms with E-state index >= 15 is 0 Å². The van der Waals surface area contributed by atoms with Crippen LogP contribution in [0.2, 0.25) is 0 Å². The summed E-state index contributed by atoms with van der Waals surface area (Å²) in [4.78, 5) is 0. The predicted octanol–water partition coefficient (Wildman–Crippen LogP) is 1.41. The van der Waals surface area contributed by atoms with E-state index in [0.717, 1.165) is 12.8 Å². The van der Waals surface area contributed by atoms with E-state index in [-0.39, 0.29) is 12.6 Å². The fraction of sp³-hybridized carbons (Fsp3) is 0.636. The highest BCUT2D eigenvalue weighted by Gasteiger charge is 2.44. The zero-order valence-corrected chi connectivity index (χ0v) is 11.0. The largest absolute Gasteiger partial charge is 0.392 e. The van der Waals surface area contributed by atoms with Gasteiger partial charge in [-0.1, -0.05) is 0 Å². The minimum atomic E-state index is -3.32. The lowest BCUT2D eigenvalue weighted by Gasteiger charge is -2.25. The predicted molar refractivity (Wildman–Crippen MR) is 65.3 cm³/mol. The van der Waals surface area contributed by atoms with Gasteiger partial charge in [-0.15, -0.1) is 11.3 Å². The Morgan fingerprint density at radius 2 is 2.29 bits per heavy atom. The van der Waals surface area contributed by atoms with E-state index in [1.165, 1.54) is 17.8 Å². The first kappa shape index (κ1) is 11.6. The fourth-order valence-corrected chi connectivity index (χ4v) is 5.93. The van der Waals surface area contributed by atoms with Gasteiger partial charge in [-0.05, 0) is 42.2 Å². The molecule has 1 aliphatic heterocycles. The maximum Gasteiger partial charge on any atom is 0.252 e. The Morgan fingerprint density at radius 3 is 2.82 bits per heavy atom. The summed E-state index contributed by atoms with van der Waals surface area (Å²) in [5.41, 5.74) is 0.679. The second kappa shape index (κ2) is 4.05. The molecule has 1 aromatic heterocycles. The van der Waals surface area contributed by atoms with Crippen molar-refractivity contribution in [2.75, 3.05) is 6.54 Å². The number of aliphatic hydroxyl groups excluding tert-OH is 1. The number of thiophene rings is 1. The van der Waals surface area contributed by atoms with E-state index in [9.17, 15) is 8.42 Å². The van der Waals surface area contributed by atoms with Crippen LogP contribution in [-0.4, -0.2) is 30.4 Å². The Morgan fingerprint density at radius 1 is 1.47 bits per heavy atom. The Hall–Kier alpha value is -0.430. The van der Waals surface area contributed by atoms with E-state index in [2.05, 4.69) is 0 Å². The molecule has 2 heterocycles. The number of nitrogens with zero attached hydrogens (tertiary/aromatic N) is 1. The van der Waals surface area contributed by atoms with Gasteiger partial charge in [0.2, 0.25) is 0 Å². The van der Waals surface area contributed by atoms with Crippen LogP contribution in [0.4, 0.5) is 0 Å². The van der Waals surface area contributed by atoms with Crippen LogP contribution in [0, 0.1) is 5.92 Å². The van der Waals surface area contributed by atoms with Crippen LogP contribution in [0.15, 0.2) is 15.7 Å². The summed E-state index contributed by atoms with van der Waals surface area (Å²) >= 11 is 1.21. The van der Waals surface area contributed by atoms with Crippen molar-refractivity contribution in [2.24, 2.45) is 5.92 Å². The Bertz CT molecular complexity index is 523. The number of piperidine rings is 1. The fourth-order valence-electron chi connectivity index (χ4n) is 2.86. The second-order valence-corrected chi connectivity index (χ2v) is 7.87. The van der Waals surface area contributed by atoms with Gasteiger partial charge in [0.25, 0.3) is 10.0 Å². The molecule has 1 aliphatic carbocycles. The normalized spacial score (nSPS) is 29.0. The number of sulfonamides is 1. The standard InChI is InChI=1S/C11H15NO3S2/c13-6-9-4-11(16-7-9)17(14,15)12-5-8-1-2-10(12)3-8/h4,7-8,10,13H,1-3,5-6H2. The minimum absolute atomic E-state index is 0.0991.